The minimum atomic E-state index is 0. The molecule has 1 rings (SSSR count). The molecule has 0 aliphatic heterocycles. The van der Waals surface area contributed by atoms with E-state index in [0.29, 0.717) is 11.8 Å². The average Bonchev–Trinajstić information content (AvgIpc) is 2.17. The molecule has 0 bridgehead atoms. The lowest BCUT2D eigenvalue weighted by Crippen LogP contribution is -2.13. The molecule has 0 radical (unpaired) electrons. The molecule has 0 fully saturated rings. The van der Waals surface area contributed by atoms with Crippen molar-refractivity contribution >= 4 is 12.4 Å². The Hall–Kier alpha value is -0.530. The first-order chi connectivity index (χ1) is 7.00. The van der Waals surface area contributed by atoms with Crippen LogP contribution in [0.2, 0.25) is 0 Å². The van der Waals surface area contributed by atoms with Gasteiger partial charge in [-0.1, -0.05) is 52.0 Å². The third-order valence-corrected chi connectivity index (χ3v) is 2.73. The highest BCUT2D eigenvalue weighted by Gasteiger charge is 2.09. The Kier molecular flexibility index (Phi) is 6.70. The fraction of sp³-hybridized carbons (Fsp3) is 0.571. The van der Waals surface area contributed by atoms with Crippen LogP contribution in [-0.4, -0.2) is 0 Å². The van der Waals surface area contributed by atoms with E-state index < -0.39 is 0 Å². The molecule has 1 aromatic carbocycles. The number of hydrogen-bond donors (Lipinski definition) is 1. The van der Waals surface area contributed by atoms with Crippen molar-refractivity contribution in [1.29, 1.82) is 0 Å². The van der Waals surface area contributed by atoms with E-state index in [9.17, 15) is 0 Å². The molecule has 0 saturated heterocycles. The maximum absolute atomic E-state index is 6.16. The molecule has 2 N–H and O–H groups in total. The summed E-state index contributed by atoms with van der Waals surface area (Å²) in [6, 6.07) is 8.86. The smallest absolute Gasteiger partial charge is 0.0297 e. The Morgan fingerprint density at radius 1 is 1.06 bits per heavy atom. The van der Waals surface area contributed by atoms with Gasteiger partial charge in [0.1, 0.15) is 0 Å². The van der Waals surface area contributed by atoms with Crippen LogP contribution in [0.15, 0.2) is 24.3 Å². The van der Waals surface area contributed by atoms with E-state index in [-0.39, 0.29) is 18.4 Å². The normalized spacial score (nSPS) is 12.7. The van der Waals surface area contributed by atoms with E-state index in [1.54, 1.807) is 0 Å². The van der Waals surface area contributed by atoms with Crippen molar-refractivity contribution < 1.29 is 0 Å². The second kappa shape index (κ2) is 6.93. The Morgan fingerprint density at radius 2 is 1.62 bits per heavy atom. The van der Waals surface area contributed by atoms with Gasteiger partial charge in [0, 0.05) is 6.04 Å². The number of rotatable bonds is 4. The second-order valence-corrected chi connectivity index (χ2v) is 5.06. The zero-order valence-electron chi connectivity index (χ0n) is 10.7. The zero-order valence-corrected chi connectivity index (χ0v) is 11.6. The first-order valence-electron chi connectivity index (χ1n) is 5.86. The van der Waals surface area contributed by atoms with Crippen molar-refractivity contribution in [3.05, 3.63) is 35.4 Å². The van der Waals surface area contributed by atoms with Gasteiger partial charge in [-0.25, -0.2) is 0 Å². The average molecular weight is 242 g/mol. The Bertz CT molecular complexity index is 307. The van der Waals surface area contributed by atoms with Crippen LogP contribution < -0.4 is 5.73 Å². The molecule has 0 aliphatic rings. The molecule has 0 saturated carbocycles. The number of halogens is 1. The molecule has 1 nitrogen and oxygen atoms in total. The molecule has 92 valence electrons. The summed E-state index contributed by atoms with van der Waals surface area (Å²) in [7, 11) is 0. The van der Waals surface area contributed by atoms with E-state index in [2.05, 4.69) is 52.0 Å². The molecular formula is C14H24ClN. The molecule has 0 unspecified atom stereocenters. The maximum Gasteiger partial charge on any atom is 0.0297 e. The van der Waals surface area contributed by atoms with E-state index in [0.717, 1.165) is 6.42 Å². The molecule has 1 atom stereocenters. The van der Waals surface area contributed by atoms with Crippen LogP contribution in [0.4, 0.5) is 0 Å². The summed E-state index contributed by atoms with van der Waals surface area (Å²) in [4.78, 5) is 0. The molecule has 0 heterocycles. The first kappa shape index (κ1) is 15.5. The van der Waals surface area contributed by atoms with Gasteiger partial charge in [0.15, 0.2) is 0 Å². The number of hydrogen-bond acceptors (Lipinski definition) is 1. The molecular weight excluding hydrogens is 218 g/mol. The maximum atomic E-state index is 6.16. The molecule has 0 aromatic heterocycles. The van der Waals surface area contributed by atoms with Crippen LogP contribution in [0.5, 0.6) is 0 Å². The van der Waals surface area contributed by atoms with E-state index in [1.807, 2.05) is 0 Å². The van der Waals surface area contributed by atoms with Crippen LogP contribution in [0.25, 0.3) is 0 Å². The Balaban J connectivity index is 0.00000225. The molecule has 16 heavy (non-hydrogen) atoms. The van der Waals surface area contributed by atoms with E-state index in [1.165, 1.54) is 11.1 Å². The van der Waals surface area contributed by atoms with Crippen LogP contribution in [0, 0.1) is 5.92 Å². The molecule has 0 spiro atoms. The van der Waals surface area contributed by atoms with E-state index >= 15 is 0 Å². The Labute approximate surface area is 106 Å². The van der Waals surface area contributed by atoms with Gasteiger partial charge in [-0.2, -0.15) is 0 Å². The summed E-state index contributed by atoms with van der Waals surface area (Å²) in [5, 5.41) is 0. The van der Waals surface area contributed by atoms with Gasteiger partial charge in [-0.15, -0.1) is 12.4 Å². The van der Waals surface area contributed by atoms with Crippen molar-refractivity contribution in [1.82, 2.24) is 0 Å². The van der Waals surface area contributed by atoms with Gasteiger partial charge in [0.25, 0.3) is 0 Å². The van der Waals surface area contributed by atoms with Gasteiger partial charge < -0.3 is 5.73 Å². The zero-order chi connectivity index (χ0) is 11.4. The fourth-order valence-corrected chi connectivity index (χ4v) is 1.79. The highest BCUT2D eigenvalue weighted by molar-refractivity contribution is 5.85. The van der Waals surface area contributed by atoms with Crippen molar-refractivity contribution in [2.75, 3.05) is 0 Å². The SMILES string of the molecule is CC(C)C[C@@H](N)c1cccc(C(C)C)c1.Cl. The molecule has 2 heteroatoms. The summed E-state index contributed by atoms with van der Waals surface area (Å²) in [5.74, 6) is 1.24. The lowest BCUT2D eigenvalue weighted by molar-refractivity contribution is 0.509. The third-order valence-electron chi connectivity index (χ3n) is 2.73. The van der Waals surface area contributed by atoms with Crippen molar-refractivity contribution in [2.24, 2.45) is 11.7 Å². The first-order valence-corrected chi connectivity index (χ1v) is 5.86. The van der Waals surface area contributed by atoms with Crippen LogP contribution in [0.1, 0.15) is 57.2 Å². The highest BCUT2D eigenvalue weighted by atomic mass is 35.5. The molecule has 0 aliphatic carbocycles. The monoisotopic (exact) mass is 241 g/mol. The lowest BCUT2D eigenvalue weighted by Gasteiger charge is -2.16. The quantitative estimate of drug-likeness (QED) is 0.837. The minimum absolute atomic E-state index is 0. The predicted molar refractivity (Wildman–Crippen MR) is 74.2 cm³/mol. The largest absolute Gasteiger partial charge is 0.324 e. The van der Waals surface area contributed by atoms with E-state index in [4.69, 9.17) is 5.73 Å². The van der Waals surface area contributed by atoms with Crippen LogP contribution >= 0.6 is 12.4 Å². The number of benzene rings is 1. The summed E-state index contributed by atoms with van der Waals surface area (Å²) < 4.78 is 0. The fourth-order valence-electron chi connectivity index (χ4n) is 1.79. The molecule has 1 aromatic rings. The topological polar surface area (TPSA) is 26.0 Å². The van der Waals surface area contributed by atoms with Crippen LogP contribution in [-0.2, 0) is 0 Å². The lowest BCUT2D eigenvalue weighted by atomic mass is 9.94. The minimum Gasteiger partial charge on any atom is -0.324 e. The Morgan fingerprint density at radius 3 is 2.12 bits per heavy atom. The summed E-state index contributed by atoms with van der Waals surface area (Å²) in [5.41, 5.74) is 8.82. The van der Waals surface area contributed by atoms with Crippen molar-refractivity contribution in [3.63, 3.8) is 0 Å². The van der Waals surface area contributed by atoms with Gasteiger partial charge in [0.05, 0.1) is 0 Å². The second-order valence-electron chi connectivity index (χ2n) is 5.06. The van der Waals surface area contributed by atoms with Gasteiger partial charge in [-0.3, -0.25) is 0 Å². The standard InChI is InChI=1S/C14H23N.ClH/c1-10(2)8-14(15)13-7-5-6-12(9-13)11(3)4;/h5-7,9-11,14H,8,15H2,1-4H3;1H/t14-;/m1./s1. The summed E-state index contributed by atoms with van der Waals surface area (Å²) in [6.07, 6.45) is 1.06. The summed E-state index contributed by atoms with van der Waals surface area (Å²) >= 11 is 0. The van der Waals surface area contributed by atoms with Gasteiger partial charge in [0.2, 0.25) is 0 Å². The van der Waals surface area contributed by atoms with Gasteiger partial charge in [-0.05, 0) is 29.4 Å². The van der Waals surface area contributed by atoms with Crippen molar-refractivity contribution in [3.8, 4) is 0 Å². The van der Waals surface area contributed by atoms with Crippen LogP contribution in [0.3, 0.4) is 0 Å². The van der Waals surface area contributed by atoms with Crippen molar-refractivity contribution in [2.45, 2.75) is 46.1 Å². The van der Waals surface area contributed by atoms with Gasteiger partial charge >= 0.3 is 0 Å². The molecule has 0 amide bonds. The third kappa shape index (κ3) is 4.54. The predicted octanol–water partition coefficient (Wildman–Crippen LogP) is 4.28. The summed E-state index contributed by atoms with van der Waals surface area (Å²) in [6.45, 7) is 8.86. The highest BCUT2D eigenvalue weighted by Crippen LogP contribution is 2.22. The number of nitrogens with two attached hydrogens (primary N) is 1.